The van der Waals surface area contributed by atoms with Gasteiger partial charge in [0.2, 0.25) is 0 Å². The quantitative estimate of drug-likeness (QED) is 0.235. The molecule has 0 aliphatic heterocycles. The highest BCUT2D eigenvalue weighted by atomic mass is 127. The molecule has 0 saturated heterocycles. The first kappa shape index (κ1) is 15.3. The topological polar surface area (TPSA) is 26.3 Å². The molecule has 0 aliphatic rings. The van der Waals surface area contributed by atoms with Gasteiger partial charge in [0.05, 0.1) is 3.57 Å². The highest BCUT2D eigenvalue weighted by Crippen LogP contribution is 2.40. The van der Waals surface area contributed by atoms with Crippen LogP contribution in [0.25, 0.3) is 55.0 Å². The van der Waals surface area contributed by atoms with E-state index in [0.29, 0.717) is 0 Å². The molecule has 0 amide bonds. The van der Waals surface area contributed by atoms with Crippen molar-refractivity contribution in [2.24, 2.45) is 0 Å². The largest absolute Gasteiger partial charge is 0.456 e. The molecule has 0 radical (unpaired) electrons. The molecular weight excluding hydrogens is 447 g/mol. The standard InChI is InChI=1S/C24H13IO2/c25-19-11-10-15(23-17-6-2-4-8-21(17)27-24(19)23)14-9-12-22-18(13-14)16-5-1-3-7-20(16)26-22/h1-13H. The summed E-state index contributed by atoms with van der Waals surface area (Å²) in [5, 5.41) is 4.61. The van der Waals surface area contributed by atoms with Crippen LogP contribution >= 0.6 is 22.6 Å². The van der Waals surface area contributed by atoms with E-state index in [9.17, 15) is 0 Å². The van der Waals surface area contributed by atoms with Gasteiger partial charge in [-0.2, -0.15) is 0 Å². The molecule has 2 aromatic heterocycles. The number of rotatable bonds is 1. The summed E-state index contributed by atoms with van der Waals surface area (Å²) >= 11 is 2.34. The van der Waals surface area contributed by atoms with Crippen molar-refractivity contribution in [1.82, 2.24) is 0 Å². The lowest BCUT2D eigenvalue weighted by atomic mass is 9.98. The van der Waals surface area contributed by atoms with Crippen molar-refractivity contribution in [3.8, 4) is 11.1 Å². The predicted octanol–water partition coefficient (Wildman–Crippen LogP) is 7.76. The summed E-state index contributed by atoms with van der Waals surface area (Å²) in [5.41, 5.74) is 6.06. The lowest BCUT2D eigenvalue weighted by molar-refractivity contribution is 0.666. The first-order valence-electron chi connectivity index (χ1n) is 8.81. The fourth-order valence-corrected chi connectivity index (χ4v) is 4.49. The average Bonchev–Trinajstić information content (AvgIpc) is 3.27. The second kappa shape index (κ2) is 5.60. The number of hydrogen-bond acceptors (Lipinski definition) is 2. The molecule has 2 nitrogen and oxygen atoms in total. The van der Waals surface area contributed by atoms with Gasteiger partial charge in [-0.15, -0.1) is 0 Å². The van der Waals surface area contributed by atoms with Crippen LogP contribution in [0.2, 0.25) is 0 Å². The molecule has 0 N–H and O–H groups in total. The van der Waals surface area contributed by atoms with Gasteiger partial charge in [-0.3, -0.25) is 0 Å². The van der Waals surface area contributed by atoms with Crippen LogP contribution in [0.5, 0.6) is 0 Å². The Morgan fingerprint density at radius 2 is 1.30 bits per heavy atom. The Hall–Kier alpha value is -2.79. The van der Waals surface area contributed by atoms with Crippen molar-refractivity contribution >= 4 is 66.5 Å². The van der Waals surface area contributed by atoms with Crippen molar-refractivity contribution in [2.45, 2.75) is 0 Å². The number of benzene rings is 4. The van der Waals surface area contributed by atoms with Crippen LogP contribution in [0.15, 0.2) is 87.7 Å². The van der Waals surface area contributed by atoms with Crippen LogP contribution in [0.4, 0.5) is 0 Å². The van der Waals surface area contributed by atoms with Crippen LogP contribution < -0.4 is 0 Å². The molecule has 3 heteroatoms. The molecule has 0 fully saturated rings. The third-order valence-electron chi connectivity index (χ3n) is 5.17. The molecule has 0 spiro atoms. The minimum absolute atomic E-state index is 0.916. The molecule has 27 heavy (non-hydrogen) atoms. The van der Waals surface area contributed by atoms with E-state index in [4.69, 9.17) is 8.83 Å². The minimum atomic E-state index is 0.916. The van der Waals surface area contributed by atoms with Gasteiger partial charge in [-0.25, -0.2) is 0 Å². The van der Waals surface area contributed by atoms with Gasteiger partial charge in [0, 0.05) is 21.5 Å². The third-order valence-corrected chi connectivity index (χ3v) is 6.02. The SMILES string of the molecule is Ic1ccc(-c2ccc3oc4ccccc4c3c2)c2c1oc1ccccc12. The Balaban J connectivity index is 1.72. The number of fused-ring (bicyclic) bond motifs is 6. The zero-order chi connectivity index (χ0) is 18.0. The molecule has 128 valence electrons. The normalized spacial score (nSPS) is 11.9. The lowest BCUT2D eigenvalue weighted by Crippen LogP contribution is -1.82. The monoisotopic (exact) mass is 460 g/mol. The van der Waals surface area contributed by atoms with Gasteiger partial charge in [0.1, 0.15) is 22.3 Å². The molecule has 2 heterocycles. The fraction of sp³-hybridized carbons (Fsp3) is 0. The summed E-state index contributed by atoms with van der Waals surface area (Å²) in [6, 6.07) is 27.2. The highest BCUT2D eigenvalue weighted by Gasteiger charge is 2.16. The van der Waals surface area contributed by atoms with Crippen LogP contribution in [-0.2, 0) is 0 Å². The van der Waals surface area contributed by atoms with Crippen molar-refractivity contribution in [3.63, 3.8) is 0 Å². The zero-order valence-corrected chi connectivity index (χ0v) is 16.4. The Morgan fingerprint density at radius 3 is 2.15 bits per heavy atom. The first-order chi connectivity index (χ1) is 13.3. The molecule has 0 bridgehead atoms. The molecule has 0 aliphatic carbocycles. The molecular formula is C24H13IO2. The van der Waals surface area contributed by atoms with Crippen molar-refractivity contribution in [1.29, 1.82) is 0 Å². The maximum atomic E-state index is 6.16. The van der Waals surface area contributed by atoms with Gasteiger partial charge < -0.3 is 8.83 Å². The van der Waals surface area contributed by atoms with Gasteiger partial charge in [-0.05, 0) is 64.0 Å². The Morgan fingerprint density at radius 1 is 0.593 bits per heavy atom. The van der Waals surface area contributed by atoms with Crippen molar-refractivity contribution in [2.75, 3.05) is 0 Å². The molecule has 4 aromatic carbocycles. The zero-order valence-electron chi connectivity index (χ0n) is 14.2. The maximum absolute atomic E-state index is 6.16. The van der Waals surface area contributed by atoms with Crippen LogP contribution in [0, 0.1) is 3.57 Å². The molecule has 6 rings (SSSR count). The van der Waals surface area contributed by atoms with Crippen molar-refractivity contribution < 1.29 is 8.83 Å². The number of furan rings is 2. The van der Waals surface area contributed by atoms with Crippen LogP contribution in [0.3, 0.4) is 0 Å². The fourth-order valence-electron chi connectivity index (χ4n) is 3.93. The molecule has 0 atom stereocenters. The second-order valence-corrected chi connectivity index (χ2v) is 7.87. The Kier molecular flexibility index (Phi) is 3.17. The summed E-state index contributed by atoms with van der Waals surface area (Å²) in [7, 11) is 0. The van der Waals surface area contributed by atoms with E-state index in [2.05, 4.69) is 77.2 Å². The minimum Gasteiger partial charge on any atom is -0.456 e. The number of halogens is 1. The van der Waals surface area contributed by atoms with Gasteiger partial charge >= 0.3 is 0 Å². The van der Waals surface area contributed by atoms with E-state index < -0.39 is 0 Å². The predicted molar refractivity (Wildman–Crippen MR) is 119 cm³/mol. The third kappa shape index (κ3) is 2.18. The summed E-state index contributed by atoms with van der Waals surface area (Å²) in [6.07, 6.45) is 0. The second-order valence-electron chi connectivity index (χ2n) is 6.71. The van der Waals surface area contributed by atoms with E-state index in [1.165, 1.54) is 16.5 Å². The smallest absolute Gasteiger partial charge is 0.149 e. The molecule has 6 aromatic rings. The van der Waals surface area contributed by atoms with Gasteiger partial charge in [-0.1, -0.05) is 48.5 Å². The van der Waals surface area contributed by atoms with E-state index in [1.54, 1.807) is 0 Å². The summed E-state index contributed by atoms with van der Waals surface area (Å²) in [6.45, 7) is 0. The first-order valence-corrected chi connectivity index (χ1v) is 9.89. The summed E-state index contributed by atoms with van der Waals surface area (Å²) in [5.74, 6) is 0. The highest BCUT2D eigenvalue weighted by molar-refractivity contribution is 14.1. The Labute approximate surface area is 168 Å². The van der Waals surface area contributed by atoms with E-state index >= 15 is 0 Å². The number of hydrogen-bond donors (Lipinski definition) is 0. The molecule has 0 saturated carbocycles. The van der Waals surface area contributed by atoms with Crippen LogP contribution in [0.1, 0.15) is 0 Å². The van der Waals surface area contributed by atoms with Gasteiger partial charge in [0.15, 0.2) is 0 Å². The summed E-state index contributed by atoms with van der Waals surface area (Å²) in [4.78, 5) is 0. The average molecular weight is 460 g/mol. The van der Waals surface area contributed by atoms with Gasteiger partial charge in [0.25, 0.3) is 0 Å². The lowest BCUT2D eigenvalue weighted by Gasteiger charge is -2.05. The molecule has 0 unspecified atom stereocenters. The number of para-hydroxylation sites is 2. The van der Waals surface area contributed by atoms with E-state index in [1.807, 2.05) is 24.3 Å². The van der Waals surface area contributed by atoms with Crippen molar-refractivity contribution in [3.05, 3.63) is 82.4 Å². The Bertz CT molecular complexity index is 1490. The van der Waals surface area contributed by atoms with E-state index in [-0.39, 0.29) is 0 Å². The van der Waals surface area contributed by atoms with E-state index in [0.717, 1.165) is 42.1 Å². The maximum Gasteiger partial charge on any atom is 0.149 e. The van der Waals surface area contributed by atoms with Crippen LogP contribution in [-0.4, -0.2) is 0 Å². The summed E-state index contributed by atoms with van der Waals surface area (Å²) < 4.78 is 13.3.